The first-order valence-electron chi connectivity index (χ1n) is 12.1. The SMILES string of the molecule is Cc1cc(-c2ccccc2)nc(-c2ccc(-c3ccc4c(c3)C(C)(C)C(C)(C)C4(C)C)nc2)n1. The van der Waals surface area contributed by atoms with Gasteiger partial charge in [0.05, 0.1) is 11.4 Å². The van der Waals surface area contributed by atoms with E-state index in [1.165, 1.54) is 11.1 Å². The van der Waals surface area contributed by atoms with E-state index in [9.17, 15) is 0 Å². The lowest BCUT2D eigenvalue weighted by molar-refractivity contribution is 0.125. The van der Waals surface area contributed by atoms with Gasteiger partial charge in [-0.1, -0.05) is 84.0 Å². The third-order valence-electron chi connectivity index (χ3n) is 8.73. The highest BCUT2D eigenvalue weighted by atomic mass is 14.9. The van der Waals surface area contributed by atoms with Gasteiger partial charge in [0.1, 0.15) is 0 Å². The molecule has 2 aromatic carbocycles. The number of fused-ring (bicyclic) bond motifs is 1. The van der Waals surface area contributed by atoms with Gasteiger partial charge in [0, 0.05) is 28.6 Å². The molecular formula is C31H33N3. The van der Waals surface area contributed by atoms with Crippen LogP contribution in [0.5, 0.6) is 0 Å². The van der Waals surface area contributed by atoms with Crippen molar-refractivity contribution < 1.29 is 0 Å². The molecule has 1 aliphatic carbocycles. The second kappa shape index (κ2) is 7.59. The van der Waals surface area contributed by atoms with Crippen LogP contribution in [0.2, 0.25) is 0 Å². The molecule has 1 aliphatic rings. The fourth-order valence-electron chi connectivity index (χ4n) is 5.37. The predicted octanol–water partition coefficient (Wildman–Crippen LogP) is 7.78. The Morgan fingerprint density at radius 1 is 0.588 bits per heavy atom. The molecule has 0 bridgehead atoms. The summed E-state index contributed by atoms with van der Waals surface area (Å²) >= 11 is 0. The Hall–Kier alpha value is -3.33. The standard InChI is InChI=1S/C31H33N3/c1-20-17-27(21-11-9-8-10-12-21)34-28(33-20)23-14-16-26(32-19-23)22-13-15-24-25(18-22)30(4,5)31(6,7)29(24,2)3/h8-19H,1-7H3. The summed E-state index contributed by atoms with van der Waals surface area (Å²) in [5.74, 6) is 0.705. The zero-order valence-electron chi connectivity index (χ0n) is 21.3. The molecule has 34 heavy (non-hydrogen) atoms. The maximum atomic E-state index is 4.82. The van der Waals surface area contributed by atoms with Crippen LogP contribution >= 0.6 is 0 Å². The molecule has 0 atom stereocenters. The Kier molecular flexibility index (Phi) is 5.02. The van der Waals surface area contributed by atoms with E-state index in [2.05, 4.69) is 89.0 Å². The van der Waals surface area contributed by atoms with Crippen LogP contribution in [0.25, 0.3) is 33.9 Å². The zero-order chi connectivity index (χ0) is 24.3. The predicted molar refractivity (Wildman–Crippen MR) is 141 cm³/mol. The molecule has 2 heterocycles. The third kappa shape index (κ3) is 3.29. The summed E-state index contributed by atoms with van der Waals surface area (Å²) in [6.07, 6.45) is 1.89. The first-order valence-corrected chi connectivity index (χ1v) is 12.1. The average Bonchev–Trinajstić information content (AvgIpc) is 2.93. The summed E-state index contributed by atoms with van der Waals surface area (Å²) in [4.78, 5) is 14.3. The van der Waals surface area contributed by atoms with Crippen molar-refractivity contribution in [3.8, 4) is 33.9 Å². The minimum atomic E-state index is 0.0744. The smallest absolute Gasteiger partial charge is 0.161 e. The van der Waals surface area contributed by atoms with Crippen LogP contribution in [-0.2, 0) is 10.8 Å². The van der Waals surface area contributed by atoms with Gasteiger partial charge in [-0.15, -0.1) is 0 Å². The number of aromatic nitrogens is 3. The Bertz CT molecular complexity index is 1360. The Balaban J connectivity index is 1.51. The first kappa shape index (κ1) is 22.5. The van der Waals surface area contributed by atoms with Gasteiger partial charge in [-0.2, -0.15) is 0 Å². The Morgan fingerprint density at radius 2 is 1.26 bits per heavy atom. The highest BCUT2D eigenvalue weighted by molar-refractivity contribution is 5.68. The average molecular weight is 448 g/mol. The molecule has 3 nitrogen and oxygen atoms in total. The van der Waals surface area contributed by atoms with Crippen LogP contribution in [0, 0.1) is 12.3 Å². The van der Waals surface area contributed by atoms with Crippen molar-refractivity contribution in [2.75, 3.05) is 0 Å². The van der Waals surface area contributed by atoms with Gasteiger partial charge >= 0.3 is 0 Å². The summed E-state index contributed by atoms with van der Waals surface area (Å²) in [5.41, 5.74) is 9.23. The molecule has 0 amide bonds. The second-order valence-electron chi connectivity index (χ2n) is 11.2. The van der Waals surface area contributed by atoms with Crippen molar-refractivity contribution in [2.24, 2.45) is 5.41 Å². The number of rotatable bonds is 3. The van der Waals surface area contributed by atoms with Crippen LogP contribution in [0.1, 0.15) is 58.4 Å². The van der Waals surface area contributed by atoms with E-state index in [0.29, 0.717) is 5.82 Å². The van der Waals surface area contributed by atoms with E-state index in [1.54, 1.807) is 0 Å². The van der Waals surface area contributed by atoms with Gasteiger partial charge in [0.2, 0.25) is 0 Å². The van der Waals surface area contributed by atoms with Crippen LogP contribution in [0.15, 0.2) is 72.9 Å². The Labute approximate surface area is 203 Å². The van der Waals surface area contributed by atoms with E-state index in [4.69, 9.17) is 9.97 Å². The molecule has 0 fully saturated rings. The maximum absolute atomic E-state index is 4.82. The van der Waals surface area contributed by atoms with E-state index in [-0.39, 0.29) is 16.2 Å². The lowest BCUT2D eigenvalue weighted by Gasteiger charge is -2.44. The number of nitrogens with zero attached hydrogens (tertiary/aromatic N) is 3. The molecule has 0 N–H and O–H groups in total. The van der Waals surface area contributed by atoms with E-state index < -0.39 is 0 Å². The van der Waals surface area contributed by atoms with Crippen LogP contribution in [0.4, 0.5) is 0 Å². The summed E-state index contributed by atoms with van der Waals surface area (Å²) in [5, 5.41) is 0. The fourth-order valence-corrected chi connectivity index (χ4v) is 5.37. The maximum Gasteiger partial charge on any atom is 0.161 e. The lowest BCUT2D eigenvalue weighted by atomic mass is 9.59. The molecule has 0 saturated heterocycles. The van der Waals surface area contributed by atoms with Crippen molar-refractivity contribution in [1.82, 2.24) is 15.0 Å². The van der Waals surface area contributed by atoms with E-state index in [0.717, 1.165) is 33.8 Å². The molecule has 0 unspecified atom stereocenters. The van der Waals surface area contributed by atoms with Crippen molar-refractivity contribution in [3.63, 3.8) is 0 Å². The summed E-state index contributed by atoms with van der Waals surface area (Å²) in [6, 6.07) is 23.3. The second-order valence-corrected chi connectivity index (χ2v) is 11.2. The molecule has 4 aromatic rings. The highest BCUT2D eigenvalue weighted by Crippen LogP contribution is 2.61. The topological polar surface area (TPSA) is 38.7 Å². The van der Waals surface area contributed by atoms with E-state index >= 15 is 0 Å². The summed E-state index contributed by atoms with van der Waals surface area (Å²) in [6.45, 7) is 16.3. The molecule has 0 radical (unpaired) electrons. The van der Waals surface area contributed by atoms with Crippen molar-refractivity contribution in [1.29, 1.82) is 0 Å². The van der Waals surface area contributed by atoms with Gasteiger partial charge in [-0.25, -0.2) is 9.97 Å². The quantitative estimate of drug-likeness (QED) is 0.322. The minimum absolute atomic E-state index is 0.0744. The van der Waals surface area contributed by atoms with Gasteiger partial charge in [0.15, 0.2) is 5.82 Å². The highest BCUT2D eigenvalue weighted by Gasteiger charge is 2.56. The largest absolute Gasteiger partial charge is 0.255 e. The van der Waals surface area contributed by atoms with Crippen molar-refractivity contribution in [2.45, 2.75) is 59.3 Å². The number of benzene rings is 2. The molecule has 0 spiro atoms. The number of pyridine rings is 1. The fraction of sp³-hybridized carbons (Fsp3) is 0.323. The normalized spacial score (nSPS) is 17.4. The first-order chi connectivity index (χ1) is 16.0. The van der Waals surface area contributed by atoms with Gasteiger partial charge < -0.3 is 0 Å². The van der Waals surface area contributed by atoms with Gasteiger partial charge in [-0.05, 0) is 58.6 Å². The molecule has 2 aromatic heterocycles. The van der Waals surface area contributed by atoms with Gasteiger partial charge in [-0.3, -0.25) is 4.98 Å². The number of hydrogen-bond acceptors (Lipinski definition) is 3. The van der Waals surface area contributed by atoms with Crippen molar-refractivity contribution >= 4 is 0 Å². The Morgan fingerprint density at radius 3 is 1.94 bits per heavy atom. The number of hydrogen-bond donors (Lipinski definition) is 0. The van der Waals surface area contributed by atoms with Crippen LogP contribution in [-0.4, -0.2) is 15.0 Å². The molecule has 5 rings (SSSR count). The minimum Gasteiger partial charge on any atom is -0.255 e. The third-order valence-corrected chi connectivity index (χ3v) is 8.73. The molecule has 0 saturated carbocycles. The molecule has 3 heteroatoms. The number of aryl methyl sites for hydroxylation is 1. The summed E-state index contributed by atoms with van der Waals surface area (Å²) < 4.78 is 0. The van der Waals surface area contributed by atoms with E-state index in [1.807, 2.05) is 37.4 Å². The lowest BCUT2D eigenvalue weighted by Crippen LogP contribution is -2.42. The van der Waals surface area contributed by atoms with Crippen molar-refractivity contribution in [3.05, 3.63) is 89.7 Å². The molecular weight excluding hydrogens is 414 g/mol. The zero-order valence-corrected chi connectivity index (χ0v) is 21.3. The summed E-state index contributed by atoms with van der Waals surface area (Å²) in [7, 11) is 0. The molecule has 0 aliphatic heterocycles. The van der Waals surface area contributed by atoms with Gasteiger partial charge in [0.25, 0.3) is 0 Å². The monoisotopic (exact) mass is 447 g/mol. The van der Waals surface area contributed by atoms with Crippen LogP contribution < -0.4 is 0 Å². The van der Waals surface area contributed by atoms with Crippen LogP contribution in [0.3, 0.4) is 0 Å². The molecule has 172 valence electrons.